The highest BCUT2D eigenvalue weighted by Crippen LogP contribution is 2.43. The van der Waals surface area contributed by atoms with Crippen LogP contribution >= 0.6 is 0 Å². The number of carbonyl (C=O) groups excluding carboxylic acids is 2. The SMILES string of the molecule is Cc1ccccc1N1C(=O)C(=O)/C(=C(\O)c2ccc3c(c2)CCCO3)C1c1cccnc1. The Labute approximate surface area is 185 Å². The highest BCUT2D eigenvalue weighted by Gasteiger charge is 2.47. The van der Waals surface area contributed by atoms with Crippen LogP contribution < -0.4 is 9.64 Å². The fourth-order valence-corrected chi connectivity index (χ4v) is 4.43. The Bertz CT molecular complexity index is 1250. The second kappa shape index (κ2) is 7.96. The van der Waals surface area contributed by atoms with E-state index in [1.807, 2.05) is 37.3 Å². The van der Waals surface area contributed by atoms with Gasteiger partial charge < -0.3 is 9.84 Å². The van der Waals surface area contributed by atoms with Crippen LogP contribution in [0.3, 0.4) is 0 Å². The number of aliphatic hydroxyl groups excluding tert-OH is 1. The summed E-state index contributed by atoms with van der Waals surface area (Å²) in [6, 6.07) is 15.5. The molecule has 1 atom stereocenters. The van der Waals surface area contributed by atoms with Crippen molar-refractivity contribution in [3.63, 3.8) is 0 Å². The summed E-state index contributed by atoms with van der Waals surface area (Å²) in [7, 11) is 0. The van der Waals surface area contributed by atoms with Crippen molar-refractivity contribution in [3.8, 4) is 5.75 Å². The predicted molar refractivity (Wildman–Crippen MR) is 120 cm³/mol. The van der Waals surface area contributed by atoms with Crippen molar-refractivity contribution in [2.45, 2.75) is 25.8 Å². The van der Waals surface area contributed by atoms with E-state index in [9.17, 15) is 14.7 Å². The molecular weight excluding hydrogens is 404 g/mol. The molecule has 6 heteroatoms. The van der Waals surface area contributed by atoms with E-state index >= 15 is 0 Å². The van der Waals surface area contributed by atoms with Gasteiger partial charge in [0.15, 0.2) is 0 Å². The van der Waals surface area contributed by atoms with Gasteiger partial charge in [-0.1, -0.05) is 24.3 Å². The number of hydrogen-bond acceptors (Lipinski definition) is 5. The minimum absolute atomic E-state index is 0.0583. The van der Waals surface area contributed by atoms with Crippen molar-refractivity contribution in [2.24, 2.45) is 0 Å². The summed E-state index contributed by atoms with van der Waals surface area (Å²) in [5.74, 6) is -0.789. The molecule has 32 heavy (non-hydrogen) atoms. The highest BCUT2D eigenvalue weighted by atomic mass is 16.5. The van der Waals surface area contributed by atoms with Crippen LogP contribution in [-0.4, -0.2) is 28.4 Å². The zero-order valence-corrected chi connectivity index (χ0v) is 17.6. The molecule has 2 aliphatic heterocycles. The second-order valence-electron chi connectivity index (χ2n) is 8.02. The van der Waals surface area contributed by atoms with Crippen LogP contribution in [0.4, 0.5) is 5.69 Å². The molecule has 0 saturated carbocycles. The maximum atomic E-state index is 13.2. The van der Waals surface area contributed by atoms with Crippen LogP contribution in [0, 0.1) is 6.92 Å². The summed E-state index contributed by atoms with van der Waals surface area (Å²) in [4.78, 5) is 32.1. The number of Topliss-reactive ketones (excluding diaryl/α,β-unsaturated/α-hetero) is 1. The Kier molecular flexibility index (Phi) is 4.98. The maximum Gasteiger partial charge on any atom is 0.300 e. The van der Waals surface area contributed by atoms with Crippen LogP contribution in [-0.2, 0) is 16.0 Å². The number of nitrogens with zero attached hydrogens (tertiary/aromatic N) is 2. The van der Waals surface area contributed by atoms with Gasteiger partial charge in [0.1, 0.15) is 11.5 Å². The number of ether oxygens (including phenoxy) is 1. The zero-order chi connectivity index (χ0) is 22.2. The third-order valence-corrected chi connectivity index (χ3v) is 6.00. The summed E-state index contributed by atoms with van der Waals surface area (Å²) < 4.78 is 5.67. The number of para-hydroxylation sites is 1. The Morgan fingerprint density at radius 2 is 1.97 bits per heavy atom. The lowest BCUT2D eigenvalue weighted by Gasteiger charge is -2.26. The number of aryl methyl sites for hydroxylation is 2. The molecule has 160 valence electrons. The molecule has 0 spiro atoms. The van der Waals surface area contributed by atoms with Gasteiger partial charge in [-0.25, -0.2) is 0 Å². The number of aromatic nitrogens is 1. The number of ketones is 1. The average molecular weight is 426 g/mol. The molecule has 3 heterocycles. The number of fused-ring (bicyclic) bond motifs is 1. The van der Waals surface area contributed by atoms with E-state index in [4.69, 9.17) is 4.74 Å². The molecule has 3 aromatic rings. The minimum atomic E-state index is -0.780. The molecule has 2 aromatic carbocycles. The van der Waals surface area contributed by atoms with Crippen molar-refractivity contribution in [1.82, 2.24) is 4.98 Å². The normalized spacial score (nSPS) is 19.5. The first-order valence-corrected chi connectivity index (χ1v) is 10.6. The summed E-state index contributed by atoms with van der Waals surface area (Å²) in [6.45, 7) is 2.55. The van der Waals surface area contributed by atoms with Gasteiger partial charge in [-0.05, 0) is 66.8 Å². The van der Waals surface area contributed by atoms with Crippen LogP contribution in [0.2, 0.25) is 0 Å². The monoisotopic (exact) mass is 426 g/mol. The summed E-state index contributed by atoms with van der Waals surface area (Å²) in [5.41, 5.74) is 3.66. The van der Waals surface area contributed by atoms with E-state index in [-0.39, 0.29) is 11.3 Å². The Hall–Kier alpha value is -3.93. The lowest BCUT2D eigenvalue weighted by atomic mass is 9.94. The first-order valence-electron chi connectivity index (χ1n) is 10.6. The minimum Gasteiger partial charge on any atom is -0.507 e. The van der Waals surface area contributed by atoms with Crippen molar-refractivity contribution in [2.75, 3.05) is 11.5 Å². The molecule has 0 radical (unpaired) electrons. The Morgan fingerprint density at radius 3 is 2.75 bits per heavy atom. The fraction of sp³-hybridized carbons (Fsp3) is 0.192. The molecule has 2 aliphatic rings. The lowest BCUT2D eigenvalue weighted by molar-refractivity contribution is -0.132. The van der Waals surface area contributed by atoms with E-state index in [2.05, 4.69) is 4.98 Å². The predicted octanol–water partition coefficient (Wildman–Crippen LogP) is 4.34. The van der Waals surface area contributed by atoms with Gasteiger partial charge in [-0.2, -0.15) is 0 Å². The Balaban J connectivity index is 1.70. The van der Waals surface area contributed by atoms with Crippen LogP contribution in [0.15, 0.2) is 72.6 Å². The number of aliphatic hydroxyl groups is 1. The molecule has 5 rings (SSSR count). The van der Waals surface area contributed by atoms with E-state index in [0.717, 1.165) is 29.7 Å². The van der Waals surface area contributed by atoms with Gasteiger partial charge in [0.2, 0.25) is 0 Å². The van der Waals surface area contributed by atoms with E-state index in [1.54, 1.807) is 36.7 Å². The number of rotatable bonds is 3. The number of anilines is 1. The van der Waals surface area contributed by atoms with Gasteiger partial charge in [-0.15, -0.1) is 0 Å². The van der Waals surface area contributed by atoms with E-state index in [0.29, 0.717) is 23.4 Å². The number of benzene rings is 2. The van der Waals surface area contributed by atoms with Crippen molar-refractivity contribution in [1.29, 1.82) is 0 Å². The summed E-state index contributed by atoms with van der Waals surface area (Å²) >= 11 is 0. The molecule has 6 nitrogen and oxygen atoms in total. The molecule has 1 amide bonds. The van der Waals surface area contributed by atoms with Crippen LogP contribution in [0.1, 0.15) is 34.7 Å². The molecule has 1 saturated heterocycles. The third-order valence-electron chi connectivity index (χ3n) is 6.00. The molecule has 1 aromatic heterocycles. The van der Waals surface area contributed by atoms with E-state index in [1.165, 1.54) is 4.90 Å². The van der Waals surface area contributed by atoms with Gasteiger partial charge in [0.25, 0.3) is 11.7 Å². The fourth-order valence-electron chi connectivity index (χ4n) is 4.43. The van der Waals surface area contributed by atoms with E-state index < -0.39 is 17.7 Å². The van der Waals surface area contributed by atoms with Crippen LogP contribution in [0.5, 0.6) is 5.75 Å². The van der Waals surface area contributed by atoms with Gasteiger partial charge >= 0.3 is 0 Å². The number of pyridine rings is 1. The van der Waals surface area contributed by atoms with Crippen molar-refractivity contribution >= 4 is 23.1 Å². The maximum absolute atomic E-state index is 13.2. The standard InChI is InChI=1S/C26H22N2O4/c1-16-6-2-3-9-20(16)28-23(19-7-4-12-27-15-19)22(25(30)26(28)31)24(29)18-10-11-21-17(14-18)8-5-13-32-21/h2-4,6-7,9-12,14-15,23,29H,5,8,13H2,1H3/b24-22-. The highest BCUT2D eigenvalue weighted by molar-refractivity contribution is 6.51. The van der Waals surface area contributed by atoms with Gasteiger partial charge in [-0.3, -0.25) is 19.5 Å². The summed E-state index contributed by atoms with van der Waals surface area (Å²) in [6.07, 6.45) is 4.98. The average Bonchev–Trinajstić information content (AvgIpc) is 3.09. The number of amides is 1. The first kappa shape index (κ1) is 20.0. The number of carbonyl (C=O) groups is 2. The van der Waals surface area contributed by atoms with Crippen molar-refractivity contribution < 1.29 is 19.4 Å². The third kappa shape index (κ3) is 3.24. The largest absolute Gasteiger partial charge is 0.507 e. The van der Waals surface area contributed by atoms with Crippen molar-refractivity contribution in [3.05, 3.63) is 94.8 Å². The molecule has 1 unspecified atom stereocenters. The zero-order valence-electron chi connectivity index (χ0n) is 17.6. The summed E-state index contributed by atoms with van der Waals surface area (Å²) in [5, 5.41) is 11.3. The Morgan fingerprint density at radius 1 is 1.12 bits per heavy atom. The molecule has 0 bridgehead atoms. The second-order valence-corrected chi connectivity index (χ2v) is 8.02. The van der Waals surface area contributed by atoms with Gasteiger partial charge in [0.05, 0.1) is 18.2 Å². The smallest absolute Gasteiger partial charge is 0.300 e. The lowest BCUT2D eigenvalue weighted by Crippen LogP contribution is -2.30. The number of hydrogen-bond donors (Lipinski definition) is 1. The molecule has 0 aliphatic carbocycles. The van der Waals surface area contributed by atoms with Gasteiger partial charge in [0, 0.05) is 23.6 Å². The molecule has 1 N–H and O–H groups in total. The first-order chi connectivity index (χ1) is 15.6. The molecule has 1 fully saturated rings. The quantitative estimate of drug-likeness (QED) is 0.383. The molecular formula is C26H22N2O4. The van der Waals surface area contributed by atoms with Crippen LogP contribution in [0.25, 0.3) is 5.76 Å². The topological polar surface area (TPSA) is 79.7 Å².